The Kier molecular flexibility index (Phi) is 2.79. The predicted octanol–water partition coefficient (Wildman–Crippen LogP) is 1.96. The summed E-state index contributed by atoms with van der Waals surface area (Å²) in [5.41, 5.74) is -0.503. The summed E-state index contributed by atoms with van der Waals surface area (Å²) in [7, 11) is 0. The third-order valence-corrected chi connectivity index (χ3v) is 2.82. The summed E-state index contributed by atoms with van der Waals surface area (Å²) < 4.78 is 5.57. The van der Waals surface area contributed by atoms with E-state index in [-0.39, 0.29) is 12.2 Å². The van der Waals surface area contributed by atoms with Gasteiger partial charge in [-0.25, -0.2) is 0 Å². The SMILES string of the molecule is CC1CC(O)(C(C)C)CC(C)O1. The van der Waals surface area contributed by atoms with Gasteiger partial charge in [0.25, 0.3) is 0 Å². The average Bonchev–Trinajstić information content (AvgIpc) is 1.82. The van der Waals surface area contributed by atoms with Crippen LogP contribution in [0.15, 0.2) is 0 Å². The average molecular weight is 172 g/mol. The molecule has 1 aliphatic heterocycles. The van der Waals surface area contributed by atoms with Gasteiger partial charge in [-0.3, -0.25) is 0 Å². The highest BCUT2D eigenvalue weighted by Gasteiger charge is 2.38. The lowest BCUT2D eigenvalue weighted by molar-refractivity contribution is -0.149. The normalized spacial score (nSPS) is 43.5. The van der Waals surface area contributed by atoms with Crippen LogP contribution >= 0.6 is 0 Å². The summed E-state index contributed by atoms with van der Waals surface area (Å²) in [6.45, 7) is 8.21. The highest BCUT2D eigenvalue weighted by molar-refractivity contribution is 4.89. The fourth-order valence-electron chi connectivity index (χ4n) is 2.04. The van der Waals surface area contributed by atoms with Crippen LogP contribution in [-0.4, -0.2) is 22.9 Å². The van der Waals surface area contributed by atoms with Gasteiger partial charge in [-0.15, -0.1) is 0 Å². The van der Waals surface area contributed by atoms with Crippen molar-refractivity contribution in [3.63, 3.8) is 0 Å². The number of aliphatic hydroxyl groups is 1. The van der Waals surface area contributed by atoms with Gasteiger partial charge in [0.2, 0.25) is 0 Å². The van der Waals surface area contributed by atoms with Crippen LogP contribution < -0.4 is 0 Å². The molecule has 1 heterocycles. The molecule has 0 aromatic rings. The van der Waals surface area contributed by atoms with Gasteiger partial charge in [0, 0.05) is 12.8 Å². The Morgan fingerprint density at radius 1 is 1.25 bits per heavy atom. The minimum absolute atomic E-state index is 0.196. The molecule has 1 saturated heterocycles. The largest absolute Gasteiger partial charge is 0.389 e. The highest BCUT2D eigenvalue weighted by Crippen LogP contribution is 2.34. The molecule has 0 spiro atoms. The smallest absolute Gasteiger partial charge is 0.0719 e. The molecule has 2 unspecified atom stereocenters. The zero-order valence-corrected chi connectivity index (χ0v) is 8.50. The van der Waals surface area contributed by atoms with Gasteiger partial charge in [-0.05, 0) is 19.8 Å². The van der Waals surface area contributed by atoms with Crippen LogP contribution in [0.1, 0.15) is 40.5 Å². The Morgan fingerprint density at radius 3 is 2.00 bits per heavy atom. The predicted molar refractivity (Wildman–Crippen MR) is 49.0 cm³/mol. The number of ether oxygens (including phenoxy) is 1. The summed E-state index contributed by atoms with van der Waals surface area (Å²) in [6, 6.07) is 0. The summed E-state index contributed by atoms with van der Waals surface area (Å²) in [4.78, 5) is 0. The van der Waals surface area contributed by atoms with Crippen LogP contribution in [0.25, 0.3) is 0 Å². The number of rotatable bonds is 1. The van der Waals surface area contributed by atoms with Crippen LogP contribution in [0.2, 0.25) is 0 Å². The Labute approximate surface area is 74.9 Å². The van der Waals surface area contributed by atoms with E-state index in [4.69, 9.17) is 4.74 Å². The maximum atomic E-state index is 10.2. The zero-order chi connectivity index (χ0) is 9.35. The van der Waals surface area contributed by atoms with Gasteiger partial charge < -0.3 is 9.84 Å². The first kappa shape index (κ1) is 10.0. The molecule has 2 nitrogen and oxygen atoms in total. The van der Waals surface area contributed by atoms with E-state index in [0.717, 1.165) is 12.8 Å². The van der Waals surface area contributed by atoms with Crippen molar-refractivity contribution in [1.82, 2.24) is 0 Å². The van der Waals surface area contributed by atoms with Crippen LogP contribution in [-0.2, 0) is 4.74 Å². The first-order valence-corrected chi connectivity index (χ1v) is 4.82. The van der Waals surface area contributed by atoms with E-state index >= 15 is 0 Å². The minimum atomic E-state index is -0.503. The molecular formula is C10H20O2. The van der Waals surface area contributed by atoms with Gasteiger partial charge in [0.05, 0.1) is 17.8 Å². The lowest BCUT2D eigenvalue weighted by Crippen LogP contribution is -2.46. The molecule has 12 heavy (non-hydrogen) atoms. The van der Waals surface area contributed by atoms with Gasteiger partial charge in [0.15, 0.2) is 0 Å². The maximum Gasteiger partial charge on any atom is 0.0719 e. The Hall–Kier alpha value is -0.0800. The molecule has 0 aromatic carbocycles. The number of hydrogen-bond donors (Lipinski definition) is 1. The quantitative estimate of drug-likeness (QED) is 0.655. The maximum absolute atomic E-state index is 10.2. The van der Waals surface area contributed by atoms with Crippen LogP contribution in [0.3, 0.4) is 0 Å². The summed E-state index contributed by atoms with van der Waals surface area (Å²) >= 11 is 0. The van der Waals surface area contributed by atoms with Crippen molar-refractivity contribution in [2.75, 3.05) is 0 Å². The molecule has 72 valence electrons. The Balaban J connectivity index is 2.65. The number of hydrogen-bond acceptors (Lipinski definition) is 2. The zero-order valence-electron chi connectivity index (χ0n) is 8.50. The third-order valence-electron chi connectivity index (χ3n) is 2.82. The fourth-order valence-corrected chi connectivity index (χ4v) is 2.04. The van der Waals surface area contributed by atoms with Crippen molar-refractivity contribution in [3.05, 3.63) is 0 Å². The highest BCUT2D eigenvalue weighted by atomic mass is 16.5. The monoisotopic (exact) mass is 172 g/mol. The van der Waals surface area contributed by atoms with Crippen LogP contribution in [0, 0.1) is 5.92 Å². The molecule has 0 bridgehead atoms. The topological polar surface area (TPSA) is 29.5 Å². The van der Waals surface area contributed by atoms with E-state index in [1.54, 1.807) is 0 Å². The van der Waals surface area contributed by atoms with Crippen LogP contribution in [0.4, 0.5) is 0 Å². The molecule has 2 heteroatoms. The first-order chi connectivity index (χ1) is 5.44. The lowest BCUT2D eigenvalue weighted by atomic mass is 9.79. The summed E-state index contributed by atoms with van der Waals surface area (Å²) in [5.74, 6) is 0.325. The van der Waals surface area contributed by atoms with Crippen molar-refractivity contribution in [1.29, 1.82) is 0 Å². The molecular weight excluding hydrogens is 152 g/mol. The standard InChI is InChI=1S/C10H20O2/c1-7(2)10(11)5-8(3)12-9(4)6-10/h7-9,11H,5-6H2,1-4H3. The molecule has 2 atom stereocenters. The van der Waals surface area contributed by atoms with Crippen molar-refractivity contribution in [2.45, 2.75) is 58.3 Å². The van der Waals surface area contributed by atoms with E-state index in [9.17, 15) is 5.11 Å². The van der Waals surface area contributed by atoms with E-state index in [0.29, 0.717) is 5.92 Å². The Bertz CT molecular complexity index is 144. The molecule has 1 rings (SSSR count). The molecule has 0 radical (unpaired) electrons. The van der Waals surface area contributed by atoms with Gasteiger partial charge in [-0.1, -0.05) is 13.8 Å². The molecule has 0 amide bonds. The second-order valence-electron chi connectivity index (χ2n) is 4.42. The van der Waals surface area contributed by atoms with Crippen molar-refractivity contribution in [3.8, 4) is 0 Å². The molecule has 1 fully saturated rings. The van der Waals surface area contributed by atoms with Crippen molar-refractivity contribution < 1.29 is 9.84 Å². The summed E-state index contributed by atoms with van der Waals surface area (Å²) in [5, 5.41) is 10.2. The molecule has 1 N–H and O–H groups in total. The summed E-state index contributed by atoms with van der Waals surface area (Å²) in [6.07, 6.45) is 1.94. The van der Waals surface area contributed by atoms with Crippen LogP contribution in [0.5, 0.6) is 0 Å². The molecule has 1 aliphatic rings. The fraction of sp³-hybridized carbons (Fsp3) is 1.00. The van der Waals surface area contributed by atoms with E-state index in [1.807, 2.05) is 13.8 Å². The lowest BCUT2D eigenvalue weighted by Gasteiger charge is -2.41. The first-order valence-electron chi connectivity index (χ1n) is 4.82. The molecule has 0 aliphatic carbocycles. The van der Waals surface area contributed by atoms with Crippen molar-refractivity contribution in [2.24, 2.45) is 5.92 Å². The molecule has 0 aromatic heterocycles. The molecule has 0 saturated carbocycles. The van der Waals surface area contributed by atoms with Gasteiger partial charge in [-0.2, -0.15) is 0 Å². The van der Waals surface area contributed by atoms with Crippen molar-refractivity contribution >= 4 is 0 Å². The van der Waals surface area contributed by atoms with E-state index < -0.39 is 5.60 Å². The van der Waals surface area contributed by atoms with E-state index in [1.165, 1.54) is 0 Å². The van der Waals surface area contributed by atoms with Gasteiger partial charge >= 0.3 is 0 Å². The van der Waals surface area contributed by atoms with Gasteiger partial charge in [0.1, 0.15) is 0 Å². The Morgan fingerprint density at radius 2 is 1.67 bits per heavy atom. The van der Waals surface area contributed by atoms with E-state index in [2.05, 4.69) is 13.8 Å². The minimum Gasteiger partial charge on any atom is -0.389 e. The second kappa shape index (κ2) is 3.35. The second-order valence-corrected chi connectivity index (χ2v) is 4.42. The third kappa shape index (κ3) is 1.99.